The monoisotopic (exact) mass is 545 g/mol. The fourth-order valence-corrected chi connectivity index (χ4v) is 7.32. The average molecular weight is 546 g/mol. The van der Waals surface area contributed by atoms with Crippen LogP contribution >= 0.6 is 11.3 Å². The minimum absolute atomic E-state index is 0.0470. The van der Waals surface area contributed by atoms with Gasteiger partial charge in [-0.1, -0.05) is 36.4 Å². The molecule has 5 aromatic rings. The Bertz CT molecular complexity index is 1740. The molecule has 8 nitrogen and oxygen atoms in total. The van der Waals surface area contributed by atoms with Crippen LogP contribution in [-0.4, -0.2) is 74.4 Å². The minimum Gasteiger partial charge on any atom is -0.339 e. The molecule has 1 aliphatic heterocycles. The molecule has 38 heavy (non-hydrogen) atoms. The quantitative estimate of drug-likeness (QED) is 0.347. The van der Waals surface area contributed by atoms with E-state index in [2.05, 4.69) is 21.9 Å². The first kappa shape index (κ1) is 24.6. The van der Waals surface area contributed by atoms with E-state index in [1.54, 1.807) is 36.8 Å². The van der Waals surface area contributed by atoms with Crippen molar-refractivity contribution in [3.63, 3.8) is 0 Å². The predicted octanol–water partition coefficient (Wildman–Crippen LogP) is 4.66. The fourth-order valence-electron chi connectivity index (χ4n) is 4.97. The van der Waals surface area contributed by atoms with Gasteiger partial charge in [-0.05, 0) is 42.3 Å². The summed E-state index contributed by atoms with van der Waals surface area (Å²) in [5.41, 5.74) is 4.24. The van der Waals surface area contributed by atoms with Crippen LogP contribution in [0.4, 0.5) is 5.69 Å². The maximum absolute atomic E-state index is 13.8. The molecule has 1 saturated heterocycles. The number of nitrogens with zero attached hydrogens (tertiary/aromatic N) is 4. The molecule has 1 fully saturated rings. The Morgan fingerprint density at radius 3 is 2.50 bits per heavy atom. The Hall–Kier alpha value is -3.73. The SMILES string of the molecule is CN1CCN(C(=O)c2cnc3[nH]c4ccc(N(C)S(=O)(=O)c5cccs5)cc4c3c2-c2ccccc2)CC1. The number of aromatic amines is 1. The Kier molecular flexibility index (Phi) is 6.17. The van der Waals surface area contributed by atoms with Crippen molar-refractivity contribution in [1.82, 2.24) is 19.8 Å². The first-order valence-electron chi connectivity index (χ1n) is 12.3. The second kappa shape index (κ2) is 9.54. The number of hydrogen-bond acceptors (Lipinski definition) is 6. The van der Waals surface area contributed by atoms with Gasteiger partial charge < -0.3 is 14.8 Å². The third-order valence-electron chi connectivity index (χ3n) is 7.16. The van der Waals surface area contributed by atoms with E-state index >= 15 is 0 Å². The molecule has 0 unspecified atom stereocenters. The van der Waals surface area contributed by atoms with Gasteiger partial charge in [0, 0.05) is 61.3 Å². The van der Waals surface area contributed by atoms with Gasteiger partial charge in [-0.3, -0.25) is 9.10 Å². The topological polar surface area (TPSA) is 89.6 Å². The maximum Gasteiger partial charge on any atom is 0.273 e. The number of nitrogens with one attached hydrogen (secondary N) is 1. The van der Waals surface area contributed by atoms with Gasteiger partial charge in [-0.15, -0.1) is 11.3 Å². The molecule has 0 spiro atoms. The lowest BCUT2D eigenvalue weighted by Crippen LogP contribution is -2.47. The number of fused-ring (bicyclic) bond motifs is 3. The van der Waals surface area contributed by atoms with Gasteiger partial charge in [0.25, 0.3) is 15.9 Å². The summed E-state index contributed by atoms with van der Waals surface area (Å²) in [5, 5.41) is 3.36. The number of likely N-dealkylation sites (N-methyl/N-ethyl adjacent to an activating group) is 1. The number of anilines is 1. The molecule has 1 aliphatic rings. The second-order valence-corrected chi connectivity index (χ2v) is 12.6. The van der Waals surface area contributed by atoms with Crippen LogP contribution in [0.5, 0.6) is 0 Å². The van der Waals surface area contributed by atoms with E-state index < -0.39 is 10.0 Å². The summed E-state index contributed by atoms with van der Waals surface area (Å²) in [7, 11) is -0.0765. The number of hydrogen-bond donors (Lipinski definition) is 1. The summed E-state index contributed by atoms with van der Waals surface area (Å²) >= 11 is 1.19. The first-order valence-corrected chi connectivity index (χ1v) is 14.7. The third kappa shape index (κ3) is 4.14. The molecule has 3 aromatic heterocycles. The normalized spacial score (nSPS) is 14.8. The highest BCUT2D eigenvalue weighted by atomic mass is 32.2. The number of piperazine rings is 1. The van der Waals surface area contributed by atoms with E-state index in [1.165, 1.54) is 15.6 Å². The highest BCUT2D eigenvalue weighted by Crippen LogP contribution is 2.38. The van der Waals surface area contributed by atoms with Crippen molar-refractivity contribution in [3.8, 4) is 11.1 Å². The van der Waals surface area contributed by atoms with E-state index in [9.17, 15) is 13.2 Å². The van der Waals surface area contributed by atoms with Crippen LogP contribution in [0.2, 0.25) is 0 Å². The molecule has 4 heterocycles. The highest BCUT2D eigenvalue weighted by molar-refractivity contribution is 7.94. The number of sulfonamides is 1. The van der Waals surface area contributed by atoms with Gasteiger partial charge in [-0.25, -0.2) is 13.4 Å². The summed E-state index contributed by atoms with van der Waals surface area (Å²) in [6, 6.07) is 18.7. The van der Waals surface area contributed by atoms with Gasteiger partial charge in [0.1, 0.15) is 9.86 Å². The van der Waals surface area contributed by atoms with Crippen LogP contribution in [0.3, 0.4) is 0 Å². The summed E-state index contributed by atoms with van der Waals surface area (Å²) in [6.07, 6.45) is 1.66. The van der Waals surface area contributed by atoms with Crippen LogP contribution < -0.4 is 4.31 Å². The molecule has 1 amide bonds. The van der Waals surface area contributed by atoms with Crippen LogP contribution in [0.1, 0.15) is 10.4 Å². The molecule has 0 atom stereocenters. The number of carbonyl (C=O) groups excluding carboxylic acids is 1. The van der Waals surface area contributed by atoms with Crippen LogP contribution in [0.15, 0.2) is 76.4 Å². The highest BCUT2D eigenvalue weighted by Gasteiger charge is 2.27. The van der Waals surface area contributed by atoms with Crippen LogP contribution in [0.25, 0.3) is 33.1 Å². The van der Waals surface area contributed by atoms with Gasteiger partial charge in [0.05, 0.1) is 11.3 Å². The molecule has 0 aliphatic carbocycles. The van der Waals surface area contributed by atoms with E-state index in [0.29, 0.717) is 30.0 Å². The number of H-pyrrole nitrogens is 1. The van der Waals surface area contributed by atoms with Crippen molar-refractivity contribution in [2.75, 3.05) is 44.6 Å². The van der Waals surface area contributed by atoms with E-state index in [0.717, 1.165) is 40.5 Å². The number of aromatic nitrogens is 2. The van der Waals surface area contributed by atoms with Crippen molar-refractivity contribution in [2.24, 2.45) is 0 Å². The fraction of sp³-hybridized carbons (Fsp3) is 0.214. The van der Waals surface area contributed by atoms with Gasteiger partial charge in [0.15, 0.2) is 0 Å². The minimum atomic E-state index is -3.70. The van der Waals surface area contributed by atoms with Crippen molar-refractivity contribution in [3.05, 3.63) is 77.8 Å². The standard InChI is InChI=1S/C28H27N5O3S2/c1-31-12-14-33(15-13-31)28(34)22-18-29-27-26(25(22)19-7-4-3-5-8-19)21-17-20(10-11-23(21)30-27)32(2)38(35,36)24-9-6-16-37-24/h3-11,16-18H,12-15H2,1-2H3,(H,29,30). The smallest absolute Gasteiger partial charge is 0.273 e. The van der Waals surface area contributed by atoms with Gasteiger partial charge in [0.2, 0.25) is 0 Å². The Morgan fingerprint density at radius 1 is 1.03 bits per heavy atom. The average Bonchev–Trinajstić information content (AvgIpc) is 3.61. The number of carbonyl (C=O) groups is 1. The molecule has 0 radical (unpaired) electrons. The van der Waals surface area contributed by atoms with Crippen molar-refractivity contribution >= 4 is 54.9 Å². The van der Waals surface area contributed by atoms with Crippen molar-refractivity contribution in [2.45, 2.75) is 4.21 Å². The molecular formula is C28H27N5O3S2. The lowest BCUT2D eigenvalue weighted by Gasteiger charge is -2.32. The van der Waals surface area contributed by atoms with Crippen LogP contribution in [-0.2, 0) is 10.0 Å². The number of pyridine rings is 1. The molecule has 0 saturated carbocycles. The van der Waals surface area contributed by atoms with Gasteiger partial charge >= 0.3 is 0 Å². The number of amides is 1. The van der Waals surface area contributed by atoms with Gasteiger partial charge in [-0.2, -0.15) is 0 Å². The van der Waals surface area contributed by atoms with E-state index in [-0.39, 0.29) is 10.1 Å². The molecule has 2 aromatic carbocycles. The summed E-state index contributed by atoms with van der Waals surface area (Å²) in [6.45, 7) is 2.96. The molecule has 6 rings (SSSR count). The molecule has 1 N–H and O–H groups in total. The predicted molar refractivity (Wildman–Crippen MR) is 152 cm³/mol. The van der Waals surface area contributed by atoms with Crippen molar-refractivity contribution < 1.29 is 13.2 Å². The lowest BCUT2D eigenvalue weighted by atomic mass is 9.95. The Morgan fingerprint density at radius 2 is 1.79 bits per heavy atom. The zero-order chi connectivity index (χ0) is 26.4. The third-order valence-corrected chi connectivity index (χ3v) is 10.3. The molecule has 194 valence electrons. The molecule has 10 heteroatoms. The number of thiophene rings is 1. The summed E-state index contributed by atoms with van der Waals surface area (Å²) in [4.78, 5) is 25.9. The Balaban J connectivity index is 1.55. The zero-order valence-corrected chi connectivity index (χ0v) is 22.7. The van der Waals surface area contributed by atoms with E-state index in [4.69, 9.17) is 0 Å². The summed E-state index contributed by atoms with van der Waals surface area (Å²) in [5.74, 6) is -0.0470. The van der Waals surface area contributed by atoms with Crippen molar-refractivity contribution in [1.29, 1.82) is 0 Å². The summed E-state index contributed by atoms with van der Waals surface area (Å²) < 4.78 is 28.0. The largest absolute Gasteiger partial charge is 0.339 e. The number of benzene rings is 2. The Labute approximate surface area is 225 Å². The zero-order valence-electron chi connectivity index (χ0n) is 21.1. The molecular weight excluding hydrogens is 518 g/mol. The second-order valence-electron chi connectivity index (χ2n) is 9.49. The lowest BCUT2D eigenvalue weighted by molar-refractivity contribution is 0.0664. The molecule has 0 bridgehead atoms. The van der Waals surface area contributed by atoms with Crippen LogP contribution in [0, 0.1) is 0 Å². The first-order chi connectivity index (χ1) is 18.3. The van der Waals surface area contributed by atoms with E-state index in [1.807, 2.05) is 47.4 Å². The number of rotatable bonds is 5. The maximum atomic E-state index is 13.8.